The zero-order valence-corrected chi connectivity index (χ0v) is 44.9. The van der Waals surface area contributed by atoms with Crippen molar-refractivity contribution in [2.24, 2.45) is 23.3 Å². The first kappa shape index (κ1) is 58.6. The zero-order chi connectivity index (χ0) is 53.3. The van der Waals surface area contributed by atoms with Crippen LogP contribution >= 0.6 is 12.4 Å². The highest BCUT2D eigenvalue weighted by atomic mass is 35.5. The number of piperazine rings is 2. The van der Waals surface area contributed by atoms with Gasteiger partial charge in [0, 0.05) is 71.7 Å². The van der Waals surface area contributed by atoms with Gasteiger partial charge in [-0.1, -0.05) is 74.7 Å². The molecule has 5 atom stereocenters. The molecule has 7 rings (SSSR count). The Morgan fingerprint density at radius 3 is 1.62 bits per heavy atom. The molecular weight excluding hydrogens is 996 g/mol. The van der Waals surface area contributed by atoms with Crippen LogP contribution < -0.4 is 26.6 Å². The van der Waals surface area contributed by atoms with E-state index in [4.69, 9.17) is 47.1 Å². The number of nitrogens with zero attached hydrogens (tertiary/aromatic N) is 13. The summed E-state index contributed by atoms with van der Waals surface area (Å²) < 4.78 is 19.8. The maximum absolute atomic E-state index is 14.5. The predicted octanol–water partition coefficient (Wildman–Crippen LogP) is 3.34. The number of amides is 2. The standard InChI is InChI=1S/C52H74N16O7.ClH/c1-6-25-73-27-29-75-30-28-74-26-16-55-50-56-51(65-21-17-63(18-22-65)48(71)45(32-38-8-12-40(69)13-9-38)67-34-43(59-61-67)42(53)31-36(3)4)58-52(57-50)66-23-19-64(20-24-66)49(72)46(33-39-10-14-41(70)15-11-39)68-35-44(60-62-68)47(54)37(5)7-2;/h1,8-15,34-37,42,45-47,69-70H,7,16-33,53-54H2,2-5H3,(H,55,56,57,58);1H. The van der Waals surface area contributed by atoms with Crippen molar-refractivity contribution in [2.45, 2.75) is 77.5 Å². The SMILES string of the molecule is C#CCOCCOCCOCCNc1nc(N2CCN(C(=O)C(Cc3ccc(O)cc3)n3cc(C(N)CC(C)C)nn3)CC2)nc(N2CCN(C(=O)C(Cc3ccc(O)cc3)n3cc(C(N)C(C)CC)nn3)CC2)n1.Cl. The molecule has 5 heterocycles. The number of nitrogens with two attached hydrogens (primary N) is 2. The Balaban J connectivity index is 0.00000937. The molecule has 2 aliphatic rings. The first-order chi connectivity index (χ1) is 36.3. The average Bonchev–Trinajstić information content (AvgIpc) is 4.14. The summed E-state index contributed by atoms with van der Waals surface area (Å²) in [6, 6.07) is 11.6. The number of carbonyl (C=O) groups excluding carboxylic acids is 2. The molecule has 0 radical (unpaired) electrons. The highest BCUT2D eigenvalue weighted by molar-refractivity contribution is 5.85. The van der Waals surface area contributed by atoms with Crippen LogP contribution in [0.2, 0.25) is 0 Å². The van der Waals surface area contributed by atoms with Crippen molar-refractivity contribution in [3.8, 4) is 23.8 Å². The second kappa shape index (κ2) is 29.0. The summed E-state index contributed by atoms with van der Waals surface area (Å²) in [6.45, 7) is 14.3. The number of aromatic nitrogens is 9. The van der Waals surface area contributed by atoms with E-state index in [9.17, 15) is 19.8 Å². The number of phenolic OH excluding ortho intramolecular Hbond substituents is 2. The van der Waals surface area contributed by atoms with E-state index < -0.39 is 12.1 Å². The first-order valence-electron chi connectivity index (χ1n) is 25.9. The molecule has 3 aromatic heterocycles. The number of halogens is 1. The third-order valence-electron chi connectivity index (χ3n) is 13.5. The molecule has 0 bridgehead atoms. The summed E-state index contributed by atoms with van der Waals surface area (Å²) in [5.41, 5.74) is 16.0. The lowest BCUT2D eigenvalue weighted by Gasteiger charge is -2.38. The smallest absolute Gasteiger partial charge is 0.247 e. The van der Waals surface area contributed by atoms with Crippen LogP contribution in [0.4, 0.5) is 17.8 Å². The van der Waals surface area contributed by atoms with E-state index in [-0.39, 0.29) is 60.3 Å². The van der Waals surface area contributed by atoms with Crippen molar-refractivity contribution in [3.63, 3.8) is 0 Å². The highest BCUT2D eigenvalue weighted by Gasteiger charge is 2.34. The number of hydrogen-bond donors (Lipinski definition) is 5. The molecule has 2 fully saturated rings. The van der Waals surface area contributed by atoms with Crippen LogP contribution in [0, 0.1) is 24.2 Å². The van der Waals surface area contributed by atoms with Gasteiger partial charge in [0.25, 0.3) is 0 Å². The number of ether oxygens (including phenoxy) is 3. The van der Waals surface area contributed by atoms with E-state index in [0.29, 0.717) is 140 Å². The van der Waals surface area contributed by atoms with Crippen molar-refractivity contribution in [3.05, 3.63) is 83.4 Å². The fourth-order valence-electron chi connectivity index (χ4n) is 8.88. The quantitative estimate of drug-likeness (QED) is 0.0372. The summed E-state index contributed by atoms with van der Waals surface area (Å²) in [4.78, 5) is 51.5. The fraction of sp³-hybridized carbons (Fsp3) is 0.558. The molecule has 0 spiro atoms. The molecule has 2 saturated heterocycles. The summed E-state index contributed by atoms with van der Waals surface area (Å²) in [5.74, 6) is 4.25. The third-order valence-corrected chi connectivity index (χ3v) is 13.5. The van der Waals surface area contributed by atoms with Crippen LogP contribution in [-0.4, -0.2) is 175 Å². The molecule has 5 aromatic rings. The van der Waals surface area contributed by atoms with Crippen LogP contribution in [0.3, 0.4) is 0 Å². The van der Waals surface area contributed by atoms with E-state index in [1.807, 2.05) is 19.6 Å². The monoisotopic (exact) mass is 1070 g/mol. The Hall–Kier alpha value is -6.68. The molecule has 2 amide bonds. The maximum atomic E-state index is 14.5. The Morgan fingerprint density at radius 1 is 0.684 bits per heavy atom. The van der Waals surface area contributed by atoms with Crippen LogP contribution in [0.15, 0.2) is 60.9 Å². The van der Waals surface area contributed by atoms with Gasteiger partial charge in [-0.3, -0.25) is 9.59 Å². The topological polar surface area (TPSA) is 279 Å². The molecule has 5 unspecified atom stereocenters. The second-order valence-corrected chi connectivity index (χ2v) is 19.5. The third kappa shape index (κ3) is 16.4. The molecular formula is C52H75ClN16O7. The van der Waals surface area contributed by atoms with Crippen molar-refractivity contribution >= 4 is 42.1 Å². The van der Waals surface area contributed by atoms with Gasteiger partial charge in [0.2, 0.25) is 29.7 Å². The van der Waals surface area contributed by atoms with Crippen LogP contribution in [0.5, 0.6) is 11.5 Å². The van der Waals surface area contributed by atoms with Gasteiger partial charge in [0.1, 0.15) is 30.2 Å². The van der Waals surface area contributed by atoms with E-state index in [2.05, 4.69) is 59.6 Å². The Labute approximate surface area is 451 Å². The largest absolute Gasteiger partial charge is 0.508 e. The number of hydrogen-bond acceptors (Lipinski definition) is 19. The van der Waals surface area contributed by atoms with Crippen molar-refractivity contribution in [2.75, 3.05) is 114 Å². The predicted molar refractivity (Wildman–Crippen MR) is 289 cm³/mol. The summed E-state index contributed by atoms with van der Waals surface area (Å²) in [6.07, 6.45) is 11.0. The number of anilines is 3. The van der Waals surface area contributed by atoms with Gasteiger partial charge < -0.3 is 60.8 Å². The minimum Gasteiger partial charge on any atom is -0.508 e. The van der Waals surface area contributed by atoms with Gasteiger partial charge in [0.15, 0.2) is 0 Å². The number of carbonyl (C=O) groups is 2. The number of rotatable bonds is 27. The first-order valence-corrected chi connectivity index (χ1v) is 25.9. The van der Waals surface area contributed by atoms with Gasteiger partial charge in [-0.2, -0.15) is 15.0 Å². The van der Waals surface area contributed by atoms with E-state index in [1.165, 1.54) is 0 Å². The van der Waals surface area contributed by atoms with E-state index >= 15 is 0 Å². The molecule has 0 aliphatic carbocycles. The van der Waals surface area contributed by atoms with Gasteiger partial charge in [-0.05, 0) is 53.6 Å². The van der Waals surface area contributed by atoms with Gasteiger partial charge >= 0.3 is 0 Å². The summed E-state index contributed by atoms with van der Waals surface area (Å²) in [7, 11) is 0. The molecule has 2 aromatic carbocycles. The van der Waals surface area contributed by atoms with Crippen molar-refractivity contribution in [1.82, 2.24) is 54.7 Å². The van der Waals surface area contributed by atoms with Crippen LogP contribution in [-0.2, 0) is 36.6 Å². The van der Waals surface area contributed by atoms with E-state index in [0.717, 1.165) is 24.0 Å². The lowest BCUT2D eigenvalue weighted by atomic mass is 9.98. The molecule has 76 heavy (non-hydrogen) atoms. The molecule has 0 saturated carbocycles. The number of terminal acetylenes is 1. The molecule has 23 nitrogen and oxygen atoms in total. The second-order valence-electron chi connectivity index (χ2n) is 19.5. The summed E-state index contributed by atoms with van der Waals surface area (Å²) in [5, 5.41) is 40.9. The maximum Gasteiger partial charge on any atom is 0.247 e. The van der Waals surface area contributed by atoms with E-state index in [1.54, 1.807) is 70.3 Å². The lowest BCUT2D eigenvalue weighted by molar-refractivity contribution is -0.136. The van der Waals surface area contributed by atoms with Crippen LogP contribution in [0.1, 0.15) is 87.2 Å². The van der Waals surface area contributed by atoms with Gasteiger partial charge in [-0.15, -0.1) is 29.0 Å². The van der Waals surface area contributed by atoms with Crippen LogP contribution in [0.25, 0.3) is 0 Å². The molecule has 7 N–H and O–H groups in total. The molecule has 24 heteroatoms. The van der Waals surface area contributed by atoms with Gasteiger partial charge in [0.05, 0.1) is 68.9 Å². The van der Waals surface area contributed by atoms with Crippen molar-refractivity contribution < 1.29 is 34.0 Å². The zero-order valence-electron chi connectivity index (χ0n) is 44.1. The Bertz CT molecular complexity index is 2600. The minimum atomic E-state index is -0.705. The summed E-state index contributed by atoms with van der Waals surface area (Å²) >= 11 is 0. The number of aromatic hydroxyl groups is 2. The number of nitrogens with one attached hydrogen (secondary N) is 1. The molecule has 2 aliphatic heterocycles. The number of benzene rings is 2. The van der Waals surface area contributed by atoms with Crippen molar-refractivity contribution in [1.29, 1.82) is 0 Å². The fourth-order valence-corrected chi connectivity index (χ4v) is 8.88. The average molecular weight is 1070 g/mol. The van der Waals surface area contributed by atoms with Gasteiger partial charge in [-0.25, -0.2) is 9.36 Å². The Kier molecular flexibility index (Phi) is 22.4. The Morgan fingerprint density at radius 2 is 1.14 bits per heavy atom. The molecule has 412 valence electrons. The normalized spacial score (nSPS) is 15.9. The highest BCUT2D eigenvalue weighted by Crippen LogP contribution is 2.27. The minimum absolute atomic E-state index is 0. The number of phenols is 2. The lowest BCUT2D eigenvalue weighted by Crippen LogP contribution is -2.52.